The van der Waals surface area contributed by atoms with Gasteiger partial charge in [-0.15, -0.1) is 0 Å². The van der Waals surface area contributed by atoms with E-state index in [1.165, 1.54) is 22.8 Å². The smallest absolute Gasteiger partial charge is 0.124 e. The van der Waals surface area contributed by atoms with Crippen LogP contribution in [-0.4, -0.2) is 19.8 Å². The van der Waals surface area contributed by atoms with Crippen molar-refractivity contribution in [3.05, 3.63) is 76.8 Å². The van der Waals surface area contributed by atoms with Gasteiger partial charge in [0.05, 0.1) is 0 Å². The normalized spacial score (nSPS) is 11.1. The Balaban J connectivity index is 1.62. The Morgan fingerprint density at radius 2 is 1.69 bits per heavy atom. The first-order valence-corrected chi connectivity index (χ1v) is 10.8. The summed E-state index contributed by atoms with van der Waals surface area (Å²) in [5, 5.41) is 6.75. The van der Waals surface area contributed by atoms with Crippen LogP contribution in [0.25, 0.3) is 10.8 Å². The zero-order chi connectivity index (χ0) is 20.3. The van der Waals surface area contributed by atoms with E-state index in [2.05, 4.69) is 48.6 Å². The highest BCUT2D eigenvalue weighted by atomic mass is 35.5. The highest BCUT2D eigenvalue weighted by Gasteiger charge is 2.09. The van der Waals surface area contributed by atoms with Crippen LogP contribution < -0.4 is 10.1 Å². The van der Waals surface area contributed by atoms with Crippen LogP contribution in [0, 0.1) is 0 Å². The van der Waals surface area contributed by atoms with Gasteiger partial charge in [-0.3, -0.25) is 0 Å². The molecule has 4 heteroatoms. The average Bonchev–Trinajstić information content (AvgIpc) is 2.75. The fraction of sp³-hybridized carbons (Fsp3) is 0.360. The second-order valence-electron chi connectivity index (χ2n) is 7.17. The number of fused-ring (bicyclic) bond motifs is 1. The summed E-state index contributed by atoms with van der Waals surface area (Å²) in [7, 11) is 0. The summed E-state index contributed by atoms with van der Waals surface area (Å²) in [6.07, 6.45) is 3.32. The van der Waals surface area contributed by atoms with Crippen molar-refractivity contribution in [3.8, 4) is 5.75 Å². The lowest BCUT2D eigenvalue weighted by molar-refractivity contribution is 0.128. The van der Waals surface area contributed by atoms with E-state index in [1.807, 2.05) is 24.3 Å². The second kappa shape index (κ2) is 11.8. The molecule has 0 spiro atoms. The molecule has 3 aromatic carbocycles. The first kappa shape index (κ1) is 21.6. The van der Waals surface area contributed by atoms with Crippen LogP contribution in [0.1, 0.15) is 37.3 Å². The van der Waals surface area contributed by atoms with Gasteiger partial charge in [0.2, 0.25) is 0 Å². The predicted octanol–water partition coefficient (Wildman–Crippen LogP) is 6.37. The molecule has 3 nitrogen and oxygen atoms in total. The molecule has 29 heavy (non-hydrogen) atoms. The molecule has 1 N–H and O–H groups in total. The van der Waals surface area contributed by atoms with E-state index in [4.69, 9.17) is 21.1 Å². The van der Waals surface area contributed by atoms with Crippen molar-refractivity contribution in [1.29, 1.82) is 0 Å². The highest BCUT2D eigenvalue weighted by molar-refractivity contribution is 6.30. The Morgan fingerprint density at radius 1 is 0.897 bits per heavy atom. The van der Waals surface area contributed by atoms with Crippen molar-refractivity contribution in [1.82, 2.24) is 5.32 Å². The number of nitrogens with one attached hydrogen (secondary N) is 1. The van der Waals surface area contributed by atoms with Gasteiger partial charge in [-0.25, -0.2) is 0 Å². The number of rotatable bonds is 12. The molecule has 0 atom stereocenters. The summed E-state index contributed by atoms with van der Waals surface area (Å²) in [6.45, 7) is 6.07. The largest absolute Gasteiger partial charge is 0.489 e. The van der Waals surface area contributed by atoms with Crippen LogP contribution >= 0.6 is 11.6 Å². The molecule has 0 bridgehead atoms. The van der Waals surface area contributed by atoms with Crippen molar-refractivity contribution in [3.63, 3.8) is 0 Å². The number of benzene rings is 3. The molecule has 0 aliphatic carbocycles. The van der Waals surface area contributed by atoms with Gasteiger partial charge in [0.1, 0.15) is 12.4 Å². The molecule has 0 amide bonds. The molecular formula is C25H30ClNO2. The molecule has 3 rings (SSSR count). The minimum atomic E-state index is 0.522. The summed E-state index contributed by atoms with van der Waals surface area (Å²) in [5.74, 6) is 0.922. The Kier molecular flexibility index (Phi) is 8.82. The minimum Gasteiger partial charge on any atom is -0.489 e. The summed E-state index contributed by atoms with van der Waals surface area (Å²) in [5.41, 5.74) is 2.30. The Hall–Kier alpha value is -2.07. The van der Waals surface area contributed by atoms with Crippen molar-refractivity contribution in [2.24, 2.45) is 0 Å². The van der Waals surface area contributed by atoms with Gasteiger partial charge >= 0.3 is 0 Å². The fourth-order valence-corrected chi connectivity index (χ4v) is 3.36. The maximum absolute atomic E-state index is 6.19. The molecule has 0 saturated heterocycles. The van der Waals surface area contributed by atoms with Crippen molar-refractivity contribution in [2.75, 3.05) is 19.8 Å². The molecule has 0 heterocycles. The predicted molar refractivity (Wildman–Crippen MR) is 122 cm³/mol. The van der Waals surface area contributed by atoms with Crippen LogP contribution in [0.2, 0.25) is 5.02 Å². The number of ether oxygens (including phenoxy) is 2. The molecule has 0 unspecified atom stereocenters. The molecule has 3 aromatic rings. The minimum absolute atomic E-state index is 0.522. The molecule has 0 aliphatic heterocycles. The van der Waals surface area contributed by atoms with Crippen LogP contribution in [-0.2, 0) is 17.9 Å². The van der Waals surface area contributed by atoms with E-state index in [0.717, 1.165) is 55.5 Å². The third-order valence-corrected chi connectivity index (χ3v) is 5.14. The fourth-order valence-electron chi connectivity index (χ4n) is 3.24. The Morgan fingerprint density at radius 3 is 2.52 bits per heavy atom. The maximum Gasteiger partial charge on any atom is 0.124 e. The van der Waals surface area contributed by atoms with Crippen LogP contribution in [0.15, 0.2) is 60.7 Å². The Labute approximate surface area is 179 Å². The van der Waals surface area contributed by atoms with Gasteiger partial charge in [0, 0.05) is 30.3 Å². The van der Waals surface area contributed by atoms with E-state index in [0.29, 0.717) is 6.61 Å². The quantitative estimate of drug-likeness (QED) is 0.351. The number of hydrogen-bond acceptors (Lipinski definition) is 3. The summed E-state index contributed by atoms with van der Waals surface area (Å²) >= 11 is 5.98. The zero-order valence-corrected chi connectivity index (χ0v) is 17.9. The molecule has 0 fully saturated rings. The highest BCUT2D eigenvalue weighted by Crippen LogP contribution is 2.29. The van der Waals surface area contributed by atoms with Gasteiger partial charge in [0.25, 0.3) is 0 Å². The van der Waals surface area contributed by atoms with E-state index in [1.54, 1.807) is 0 Å². The van der Waals surface area contributed by atoms with Gasteiger partial charge < -0.3 is 14.8 Å². The summed E-state index contributed by atoms with van der Waals surface area (Å²) in [4.78, 5) is 0. The lowest BCUT2D eigenvalue weighted by Crippen LogP contribution is -2.17. The standard InChI is InChI=1S/C25H30ClNO2/c1-2-3-16-28-17-6-15-27-18-24-23-8-5-4-7-21(23)11-14-25(24)29-19-20-9-12-22(26)13-10-20/h4-5,7-14,27H,2-3,6,15-19H2,1H3. The zero-order valence-electron chi connectivity index (χ0n) is 17.1. The molecular weight excluding hydrogens is 382 g/mol. The van der Waals surface area contributed by atoms with Crippen molar-refractivity contribution in [2.45, 2.75) is 39.3 Å². The molecule has 0 saturated carbocycles. The third kappa shape index (κ3) is 6.74. The average molecular weight is 412 g/mol. The van der Waals surface area contributed by atoms with Gasteiger partial charge in [-0.2, -0.15) is 0 Å². The van der Waals surface area contributed by atoms with Gasteiger partial charge in [-0.1, -0.05) is 67.4 Å². The maximum atomic E-state index is 6.19. The Bertz CT molecular complexity index is 880. The molecule has 0 radical (unpaired) electrons. The van der Waals surface area contributed by atoms with Crippen molar-refractivity contribution < 1.29 is 9.47 Å². The SMILES string of the molecule is CCCCOCCCNCc1c(OCc2ccc(Cl)cc2)ccc2ccccc12. The van der Waals surface area contributed by atoms with E-state index in [9.17, 15) is 0 Å². The van der Waals surface area contributed by atoms with E-state index < -0.39 is 0 Å². The summed E-state index contributed by atoms with van der Waals surface area (Å²) in [6, 6.07) is 20.4. The second-order valence-corrected chi connectivity index (χ2v) is 7.61. The van der Waals surface area contributed by atoms with E-state index in [-0.39, 0.29) is 0 Å². The summed E-state index contributed by atoms with van der Waals surface area (Å²) < 4.78 is 11.8. The van der Waals surface area contributed by atoms with Crippen LogP contribution in [0.5, 0.6) is 5.75 Å². The lowest BCUT2D eigenvalue weighted by Gasteiger charge is -2.15. The van der Waals surface area contributed by atoms with Gasteiger partial charge in [0.15, 0.2) is 0 Å². The molecule has 0 aliphatic rings. The van der Waals surface area contributed by atoms with Crippen molar-refractivity contribution >= 4 is 22.4 Å². The third-order valence-electron chi connectivity index (χ3n) is 4.89. The number of halogens is 1. The number of hydrogen-bond donors (Lipinski definition) is 1. The van der Waals surface area contributed by atoms with Gasteiger partial charge in [-0.05, 0) is 53.9 Å². The van der Waals surface area contributed by atoms with Crippen LogP contribution in [0.4, 0.5) is 0 Å². The van der Waals surface area contributed by atoms with E-state index >= 15 is 0 Å². The monoisotopic (exact) mass is 411 g/mol. The molecule has 0 aromatic heterocycles. The molecule has 154 valence electrons. The first-order valence-electron chi connectivity index (χ1n) is 10.4. The lowest BCUT2D eigenvalue weighted by atomic mass is 10.0. The van der Waals surface area contributed by atoms with Crippen LogP contribution in [0.3, 0.4) is 0 Å². The first-order chi connectivity index (χ1) is 14.3. The topological polar surface area (TPSA) is 30.5 Å². The number of unbranched alkanes of at least 4 members (excludes halogenated alkanes) is 1.